The number of pyridine rings is 1. The average Bonchev–Trinajstić information content (AvgIpc) is 3.05. The number of anilines is 1. The third-order valence-corrected chi connectivity index (χ3v) is 3.64. The van der Waals surface area contributed by atoms with Crippen LogP contribution >= 0.6 is 0 Å². The molecule has 2 heterocycles. The largest absolute Gasteiger partial charge is 0.480 e. The molecule has 1 aromatic carbocycles. The minimum atomic E-state index is -0.204. The van der Waals surface area contributed by atoms with E-state index < -0.39 is 0 Å². The number of carbonyl (C=O) groups is 1. The number of nitrogen functional groups attached to an aromatic ring is 1. The molecule has 3 rings (SSSR count). The highest BCUT2D eigenvalue weighted by Crippen LogP contribution is 2.25. The van der Waals surface area contributed by atoms with Gasteiger partial charge in [0.2, 0.25) is 0 Å². The first-order valence-electron chi connectivity index (χ1n) is 7.89. The van der Waals surface area contributed by atoms with E-state index in [-0.39, 0.29) is 12.5 Å². The Bertz CT molecular complexity index is 858. The first kappa shape index (κ1) is 16.8. The number of hydrogen-bond acceptors (Lipinski definition) is 5. The molecule has 0 aliphatic rings. The number of nitrogens with zero attached hydrogens (tertiary/aromatic N) is 2. The minimum absolute atomic E-state index is 0.0759. The van der Waals surface area contributed by atoms with Crippen LogP contribution in [0, 0.1) is 0 Å². The summed E-state index contributed by atoms with van der Waals surface area (Å²) in [6, 6.07) is 11.1. The first-order chi connectivity index (χ1) is 12.2. The van der Waals surface area contributed by atoms with Crippen molar-refractivity contribution in [3.8, 4) is 17.0 Å². The van der Waals surface area contributed by atoms with E-state index in [0.29, 0.717) is 30.2 Å². The third-order valence-electron chi connectivity index (χ3n) is 3.64. The van der Waals surface area contributed by atoms with E-state index in [1.54, 1.807) is 13.2 Å². The van der Waals surface area contributed by atoms with Crippen LogP contribution in [0.1, 0.15) is 0 Å². The lowest BCUT2D eigenvalue weighted by molar-refractivity contribution is -0.123. The Kier molecular flexibility index (Phi) is 5.15. The number of aromatic nitrogens is 2. The highest BCUT2D eigenvalue weighted by molar-refractivity contribution is 5.78. The van der Waals surface area contributed by atoms with Crippen molar-refractivity contribution in [2.45, 2.75) is 0 Å². The van der Waals surface area contributed by atoms with Gasteiger partial charge in [-0.25, -0.2) is 4.98 Å². The van der Waals surface area contributed by atoms with Crippen LogP contribution in [0.4, 0.5) is 5.69 Å². The molecule has 0 unspecified atom stereocenters. The quantitative estimate of drug-likeness (QED) is 0.505. The number of fused-ring (bicyclic) bond motifs is 1. The van der Waals surface area contributed by atoms with Gasteiger partial charge < -0.3 is 24.9 Å². The van der Waals surface area contributed by atoms with Crippen molar-refractivity contribution in [3.05, 3.63) is 48.8 Å². The molecule has 0 aliphatic carbocycles. The molecule has 0 bridgehead atoms. The molecule has 3 aromatic rings. The molecule has 0 fully saturated rings. The molecule has 1 amide bonds. The van der Waals surface area contributed by atoms with Crippen molar-refractivity contribution in [2.75, 3.05) is 32.6 Å². The zero-order valence-electron chi connectivity index (χ0n) is 13.9. The summed E-state index contributed by atoms with van der Waals surface area (Å²) in [5.41, 5.74) is 8.85. The van der Waals surface area contributed by atoms with Crippen molar-refractivity contribution >= 4 is 17.2 Å². The molecular weight excluding hydrogens is 320 g/mol. The Labute approximate surface area is 145 Å². The van der Waals surface area contributed by atoms with Gasteiger partial charge in [-0.3, -0.25) is 4.79 Å². The lowest BCUT2D eigenvalue weighted by Crippen LogP contribution is -2.31. The van der Waals surface area contributed by atoms with E-state index >= 15 is 0 Å². The van der Waals surface area contributed by atoms with Gasteiger partial charge in [0.15, 0.2) is 18.0 Å². The van der Waals surface area contributed by atoms with Crippen LogP contribution in [0.15, 0.2) is 48.8 Å². The zero-order chi connectivity index (χ0) is 17.6. The van der Waals surface area contributed by atoms with Gasteiger partial charge in [0.1, 0.15) is 0 Å². The van der Waals surface area contributed by atoms with Crippen LogP contribution in [0.2, 0.25) is 0 Å². The predicted molar refractivity (Wildman–Crippen MR) is 95.4 cm³/mol. The molecule has 7 heteroatoms. The van der Waals surface area contributed by atoms with Crippen LogP contribution < -0.4 is 15.8 Å². The summed E-state index contributed by atoms with van der Waals surface area (Å²) in [6.45, 7) is 0.841. The average molecular weight is 340 g/mol. The summed E-state index contributed by atoms with van der Waals surface area (Å²) in [6.07, 6.45) is 3.79. The highest BCUT2D eigenvalue weighted by Gasteiger charge is 2.10. The maximum Gasteiger partial charge on any atom is 0.258 e. The number of imidazole rings is 1. The first-order valence-corrected chi connectivity index (χ1v) is 7.89. The van der Waals surface area contributed by atoms with Gasteiger partial charge in [-0.15, -0.1) is 0 Å². The zero-order valence-corrected chi connectivity index (χ0v) is 13.9. The molecule has 0 spiro atoms. The fraction of sp³-hybridized carbons (Fsp3) is 0.222. The normalized spacial score (nSPS) is 10.8. The van der Waals surface area contributed by atoms with Crippen molar-refractivity contribution in [3.63, 3.8) is 0 Å². The van der Waals surface area contributed by atoms with E-state index in [9.17, 15) is 4.79 Å². The van der Waals surface area contributed by atoms with Gasteiger partial charge in [-0.1, -0.05) is 12.1 Å². The molecule has 130 valence electrons. The van der Waals surface area contributed by atoms with Crippen LogP contribution in [0.5, 0.6) is 5.75 Å². The number of benzene rings is 1. The molecule has 25 heavy (non-hydrogen) atoms. The Morgan fingerprint density at radius 2 is 2.08 bits per heavy atom. The topological polar surface area (TPSA) is 90.9 Å². The van der Waals surface area contributed by atoms with Gasteiger partial charge in [-0.2, -0.15) is 0 Å². The Morgan fingerprint density at radius 1 is 1.28 bits per heavy atom. The second-order valence-electron chi connectivity index (χ2n) is 5.48. The number of carbonyl (C=O) groups excluding carboxylic acids is 1. The second-order valence-corrected chi connectivity index (χ2v) is 5.48. The number of rotatable bonds is 7. The van der Waals surface area contributed by atoms with E-state index in [2.05, 4.69) is 10.3 Å². The molecule has 7 nitrogen and oxygen atoms in total. The fourth-order valence-electron chi connectivity index (χ4n) is 2.38. The van der Waals surface area contributed by atoms with Gasteiger partial charge >= 0.3 is 0 Å². The van der Waals surface area contributed by atoms with Crippen molar-refractivity contribution in [1.29, 1.82) is 0 Å². The number of hydrogen-bond donors (Lipinski definition) is 2. The lowest BCUT2D eigenvalue weighted by Gasteiger charge is -2.07. The molecule has 0 saturated carbocycles. The van der Waals surface area contributed by atoms with Crippen molar-refractivity contribution in [1.82, 2.24) is 14.7 Å². The van der Waals surface area contributed by atoms with Gasteiger partial charge in [-0.05, 0) is 24.3 Å². The van der Waals surface area contributed by atoms with Crippen LogP contribution in [-0.2, 0) is 9.53 Å². The number of nitrogens with two attached hydrogens (primary N) is 1. The summed E-state index contributed by atoms with van der Waals surface area (Å²) in [5, 5.41) is 2.71. The van der Waals surface area contributed by atoms with E-state index in [0.717, 1.165) is 11.3 Å². The number of methoxy groups -OCH3 is 1. The number of nitrogens with one attached hydrogen (secondary N) is 1. The summed E-state index contributed by atoms with van der Waals surface area (Å²) < 4.78 is 12.4. The van der Waals surface area contributed by atoms with E-state index in [1.807, 2.05) is 47.1 Å². The smallest absolute Gasteiger partial charge is 0.258 e. The summed E-state index contributed by atoms with van der Waals surface area (Å²) in [7, 11) is 1.58. The summed E-state index contributed by atoms with van der Waals surface area (Å²) in [4.78, 5) is 16.4. The monoisotopic (exact) mass is 340 g/mol. The molecule has 0 aliphatic heterocycles. The lowest BCUT2D eigenvalue weighted by atomic mass is 10.1. The van der Waals surface area contributed by atoms with Gasteiger partial charge in [0, 0.05) is 37.3 Å². The highest BCUT2D eigenvalue weighted by atomic mass is 16.5. The predicted octanol–water partition coefficient (Wildman–Crippen LogP) is 1.72. The van der Waals surface area contributed by atoms with E-state index in [4.69, 9.17) is 15.2 Å². The Morgan fingerprint density at radius 3 is 2.84 bits per heavy atom. The molecular formula is C18H20N4O3. The Hall–Kier alpha value is -3.06. The van der Waals surface area contributed by atoms with E-state index in [1.165, 1.54) is 0 Å². The fourth-order valence-corrected chi connectivity index (χ4v) is 2.38. The number of ether oxygens (including phenoxy) is 2. The molecule has 0 saturated heterocycles. The van der Waals surface area contributed by atoms with Crippen molar-refractivity contribution in [2.24, 2.45) is 0 Å². The molecule has 0 atom stereocenters. The van der Waals surface area contributed by atoms with Crippen LogP contribution in [0.25, 0.3) is 16.9 Å². The van der Waals surface area contributed by atoms with Gasteiger partial charge in [0.05, 0.1) is 12.3 Å². The third kappa shape index (κ3) is 4.07. The SMILES string of the molecule is COCCNC(=O)COc1cccn2cc(-c3ccc(N)cc3)nc12. The maximum absolute atomic E-state index is 11.8. The minimum Gasteiger partial charge on any atom is -0.480 e. The maximum atomic E-state index is 11.8. The molecule has 3 N–H and O–H groups in total. The van der Waals surface area contributed by atoms with Crippen LogP contribution in [-0.4, -0.2) is 42.2 Å². The molecule has 0 radical (unpaired) electrons. The van der Waals surface area contributed by atoms with Crippen molar-refractivity contribution < 1.29 is 14.3 Å². The second kappa shape index (κ2) is 7.67. The molecule has 2 aromatic heterocycles. The summed E-state index contributed by atoms with van der Waals surface area (Å²) >= 11 is 0. The standard InChI is InChI=1S/C18H20N4O3/c1-24-10-8-20-17(23)12-25-16-3-2-9-22-11-15(21-18(16)22)13-4-6-14(19)7-5-13/h2-7,9,11H,8,10,12,19H2,1H3,(H,20,23). The number of amides is 1. The summed E-state index contributed by atoms with van der Waals surface area (Å²) in [5.74, 6) is 0.343. The van der Waals surface area contributed by atoms with Crippen LogP contribution in [0.3, 0.4) is 0 Å². The van der Waals surface area contributed by atoms with Gasteiger partial charge in [0.25, 0.3) is 5.91 Å². The Balaban J connectivity index is 1.75.